The first-order valence-electron chi connectivity index (χ1n) is 4.76. The van der Waals surface area contributed by atoms with Crippen molar-refractivity contribution in [3.63, 3.8) is 0 Å². The third kappa shape index (κ3) is 3.19. The summed E-state index contributed by atoms with van der Waals surface area (Å²) in [6.07, 6.45) is 0. The molecule has 2 rings (SSSR count). The van der Waals surface area contributed by atoms with E-state index in [1.54, 1.807) is 6.07 Å². The number of nitrogens with two attached hydrogens (primary N) is 2. The van der Waals surface area contributed by atoms with Crippen molar-refractivity contribution < 1.29 is 8.42 Å². The number of nitrogens with zero attached hydrogens (tertiary/aromatic N) is 2. The molecule has 4 N–H and O–H groups in total. The Hall–Kier alpha value is -1.16. The van der Waals surface area contributed by atoms with Gasteiger partial charge in [-0.25, -0.2) is 13.6 Å². The smallest absolute Gasteiger partial charge is 0.238 e. The number of nitrogen functional groups attached to an aromatic ring is 1. The van der Waals surface area contributed by atoms with Crippen LogP contribution in [0, 0.1) is 6.92 Å². The zero-order chi connectivity index (χ0) is 13.3. The van der Waals surface area contributed by atoms with Crippen molar-refractivity contribution in [3.8, 4) is 0 Å². The van der Waals surface area contributed by atoms with E-state index < -0.39 is 10.0 Å². The lowest BCUT2D eigenvalue weighted by molar-refractivity contribution is 0.597. The molecule has 0 aliphatic carbocycles. The van der Waals surface area contributed by atoms with Gasteiger partial charge in [0.15, 0.2) is 4.34 Å². The Morgan fingerprint density at radius 3 is 2.56 bits per heavy atom. The van der Waals surface area contributed by atoms with Crippen LogP contribution in [-0.4, -0.2) is 18.6 Å². The van der Waals surface area contributed by atoms with Crippen molar-refractivity contribution in [1.82, 2.24) is 10.2 Å². The standard InChI is InChI=1S/C9H10N4O2S3/c1-5-12-13-9(16-5)17-7-2-6(10)3-8(4-7)18(11,14)15/h2-4H,10H2,1H3,(H2,11,14,15). The molecule has 0 spiro atoms. The van der Waals surface area contributed by atoms with Crippen molar-refractivity contribution in [2.75, 3.05) is 5.73 Å². The Balaban J connectivity index is 2.37. The maximum Gasteiger partial charge on any atom is 0.238 e. The molecule has 9 heteroatoms. The van der Waals surface area contributed by atoms with E-state index in [-0.39, 0.29) is 4.90 Å². The van der Waals surface area contributed by atoms with Crippen molar-refractivity contribution >= 4 is 38.8 Å². The molecule has 0 unspecified atom stereocenters. The highest BCUT2D eigenvalue weighted by Crippen LogP contribution is 2.32. The largest absolute Gasteiger partial charge is 0.399 e. The van der Waals surface area contributed by atoms with Gasteiger partial charge in [0.1, 0.15) is 5.01 Å². The summed E-state index contributed by atoms with van der Waals surface area (Å²) in [6.45, 7) is 1.84. The molecule has 0 saturated heterocycles. The molecular weight excluding hydrogens is 292 g/mol. The van der Waals surface area contributed by atoms with Gasteiger partial charge in [0.25, 0.3) is 0 Å². The highest BCUT2D eigenvalue weighted by atomic mass is 32.2. The molecule has 6 nitrogen and oxygen atoms in total. The quantitative estimate of drug-likeness (QED) is 0.825. The molecule has 0 atom stereocenters. The Morgan fingerprint density at radius 2 is 2.00 bits per heavy atom. The zero-order valence-corrected chi connectivity index (χ0v) is 11.8. The summed E-state index contributed by atoms with van der Waals surface area (Å²) < 4.78 is 23.3. The molecular formula is C9H10N4O2S3. The van der Waals surface area contributed by atoms with Gasteiger partial charge in [0.2, 0.25) is 10.0 Å². The van der Waals surface area contributed by atoms with Gasteiger partial charge < -0.3 is 5.73 Å². The number of hydrogen-bond acceptors (Lipinski definition) is 7. The normalized spacial score (nSPS) is 11.7. The van der Waals surface area contributed by atoms with Gasteiger partial charge >= 0.3 is 0 Å². The molecule has 0 bridgehead atoms. The molecule has 1 heterocycles. The lowest BCUT2D eigenvalue weighted by Gasteiger charge is -2.03. The van der Waals surface area contributed by atoms with Crippen LogP contribution in [0.5, 0.6) is 0 Å². The van der Waals surface area contributed by atoms with Crippen molar-refractivity contribution in [2.24, 2.45) is 5.14 Å². The van der Waals surface area contributed by atoms with E-state index in [1.165, 1.54) is 35.2 Å². The number of primary sulfonamides is 1. The lowest BCUT2D eigenvalue weighted by atomic mass is 10.3. The summed E-state index contributed by atoms with van der Waals surface area (Å²) in [4.78, 5) is 0.654. The van der Waals surface area contributed by atoms with E-state index in [4.69, 9.17) is 10.9 Å². The molecule has 0 aliphatic heterocycles. The van der Waals surface area contributed by atoms with Crippen LogP contribution in [0.1, 0.15) is 5.01 Å². The van der Waals surface area contributed by atoms with E-state index in [9.17, 15) is 8.42 Å². The fourth-order valence-corrected chi connectivity index (χ4v) is 3.80. The molecule has 18 heavy (non-hydrogen) atoms. The van der Waals surface area contributed by atoms with Crippen LogP contribution in [0.25, 0.3) is 0 Å². The van der Waals surface area contributed by atoms with Gasteiger partial charge in [0.05, 0.1) is 4.90 Å². The molecule has 1 aromatic carbocycles. The Morgan fingerprint density at radius 1 is 1.28 bits per heavy atom. The number of benzene rings is 1. The minimum Gasteiger partial charge on any atom is -0.399 e. The first kappa shape index (κ1) is 13.3. The topological polar surface area (TPSA) is 112 Å². The van der Waals surface area contributed by atoms with Crippen molar-refractivity contribution in [3.05, 3.63) is 23.2 Å². The molecule has 0 fully saturated rings. The number of hydrogen-bond donors (Lipinski definition) is 2. The second-order valence-corrected chi connectivity index (χ2v) is 7.54. The fraction of sp³-hybridized carbons (Fsp3) is 0.111. The van der Waals surface area contributed by atoms with Crippen LogP contribution in [0.3, 0.4) is 0 Å². The van der Waals surface area contributed by atoms with Crippen molar-refractivity contribution in [2.45, 2.75) is 21.1 Å². The predicted octanol–water partition coefficient (Wildman–Crippen LogP) is 1.23. The number of aromatic nitrogens is 2. The molecule has 0 saturated carbocycles. The average molecular weight is 302 g/mol. The molecule has 96 valence electrons. The first-order valence-corrected chi connectivity index (χ1v) is 7.94. The number of sulfonamides is 1. The highest BCUT2D eigenvalue weighted by Gasteiger charge is 2.11. The Kier molecular flexibility index (Phi) is 3.57. The predicted molar refractivity (Wildman–Crippen MR) is 71.0 cm³/mol. The van der Waals surface area contributed by atoms with Gasteiger partial charge in [-0.3, -0.25) is 0 Å². The SMILES string of the molecule is Cc1nnc(Sc2cc(N)cc(S(N)(=O)=O)c2)s1. The molecule has 1 aromatic heterocycles. The van der Waals surface area contributed by atoms with Crippen LogP contribution < -0.4 is 10.9 Å². The van der Waals surface area contributed by atoms with Crippen LogP contribution in [-0.2, 0) is 10.0 Å². The first-order chi connectivity index (χ1) is 8.34. The van der Waals surface area contributed by atoms with Gasteiger partial charge in [-0.05, 0) is 25.1 Å². The fourth-order valence-electron chi connectivity index (χ4n) is 1.24. The van der Waals surface area contributed by atoms with Gasteiger partial charge in [-0.15, -0.1) is 10.2 Å². The summed E-state index contributed by atoms with van der Waals surface area (Å²) in [5.74, 6) is 0. The minimum atomic E-state index is -3.76. The minimum absolute atomic E-state index is 0.00811. The van der Waals surface area contributed by atoms with E-state index in [2.05, 4.69) is 10.2 Å². The summed E-state index contributed by atoms with van der Waals surface area (Å²) >= 11 is 2.72. The maximum absolute atomic E-state index is 11.3. The Bertz CT molecular complexity index is 681. The third-order valence-corrected chi connectivity index (χ3v) is 4.70. The van der Waals surface area contributed by atoms with Crippen LogP contribution in [0.4, 0.5) is 5.69 Å². The molecule has 0 aliphatic rings. The zero-order valence-electron chi connectivity index (χ0n) is 9.32. The average Bonchev–Trinajstić information content (AvgIpc) is 2.61. The monoisotopic (exact) mass is 302 g/mol. The molecule has 0 amide bonds. The summed E-state index contributed by atoms with van der Waals surface area (Å²) in [5.41, 5.74) is 5.99. The van der Waals surface area contributed by atoms with E-state index in [0.717, 1.165) is 9.35 Å². The molecule has 2 aromatic rings. The van der Waals surface area contributed by atoms with E-state index in [1.807, 2.05) is 6.92 Å². The third-order valence-electron chi connectivity index (χ3n) is 1.94. The summed E-state index contributed by atoms with van der Waals surface area (Å²) in [5, 5.41) is 13.7. The van der Waals surface area contributed by atoms with Gasteiger partial charge in [0, 0.05) is 10.6 Å². The number of rotatable bonds is 3. The highest BCUT2D eigenvalue weighted by molar-refractivity contribution is 8.01. The van der Waals surface area contributed by atoms with Gasteiger partial charge in [-0.1, -0.05) is 23.1 Å². The lowest BCUT2D eigenvalue weighted by Crippen LogP contribution is -2.12. The van der Waals surface area contributed by atoms with E-state index >= 15 is 0 Å². The number of anilines is 1. The van der Waals surface area contributed by atoms with Crippen molar-refractivity contribution in [1.29, 1.82) is 0 Å². The maximum atomic E-state index is 11.3. The van der Waals surface area contributed by atoms with Crippen LogP contribution >= 0.6 is 23.1 Å². The molecule has 0 radical (unpaired) electrons. The number of aryl methyl sites for hydroxylation is 1. The second kappa shape index (κ2) is 4.84. The Labute approximate surface area is 112 Å². The van der Waals surface area contributed by atoms with Crippen LogP contribution in [0.2, 0.25) is 0 Å². The van der Waals surface area contributed by atoms with Crippen LogP contribution in [0.15, 0.2) is 32.3 Å². The van der Waals surface area contributed by atoms with Gasteiger partial charge in [-0.2, -0.15) is 0 Å². The summed E-state index contributed by atoms with van der Waals surface area (Å²) in [7, 11) is -3.76. The summed E-state index contributed by atoms with van der Waals surface area (Å²) in [6, 6.07) is 4.45. The second-order valence-electron chi connectivity index (χ2n) is 3.47. The van der Waals surface area contributed by atoms with E-state index in [0.29, 0.717) is 10.6 Å².